The van der Waals surface area contributed by atoms with Crippen LogP contribution in [-0.4, -0.2) is 35.4 Å². The predicted molar refractivity (Wildman–Crippen MR) is 114 cm³/mol. The Hall–Kier alpha value is -0.950. The summed E-state index contributed by atoms with van der Waals surface area (Å²) in [5.74, 6) is 0. The average Bonchev–Trinajstić information content (AvgIpc) is 2.62. The number of nitrogens with zero attached hydrogens (tertiary/aromatic N) is 1. The van der Waals surface area contributed by atoms with Crippen molar-refractivity contribution >= 4 is 10.0 Å². The molecule has 28 heavy (non-hydrogen) atoms. The summed E-state index contributed by atoms with van der Waals surface area (Å²) in [4.78, 5) is 0.0844. The van der Waals surface area contributed by atoms with Crippen molar-refractivity contribution in [3.8, 4) is 0 Å². The van der Waals surface area contributed by atoms with Crippen molar-refractivity contribution < 1.29 is 18.6 Å². The number of hydrogen-bond acceptors (Lipinski definition) is 4. The lowest BCUT2D eigenvalue weighted by Gasteiger charge is -2.27. The van der Waals surface area contributed by atoms with Crippen LogP contribution in [0.1, 0.15) is 90.5 Å². The molecule has 0 heterocycles. The molecule has 0 fully saturated rings. The van der Waals surface area contributed by atoms with Crippen molar-refractivity contribution in [2.24, 2.45) is 0 Å². The average molecular weight is 414 g/mol. The lowest BCUT2D eigenvalue weighted by Crippen LogP contribution is -2.44. The van der Waals surface area contributed by atoms with Crippen LogP contribution < -0.4 is 0 Å². The third-order valence-corrected chi connectivity index (χ3v) is 7.09. The second kappa shape index (κ2) is 13.3. The Kier molecular flexibility index (Phi) is 11.9. The highest BCUT2D eigenvalue weighted by Gasteiger charge is 2.31. The van der Waals surface area contributed by atoms with E-state index in [0.29, 0.717) is 4.31 Å². The summed E-state index contributed by atoms with van der Waals surface area (Å²) < 4.78 is 25.9. The molecule has 0 aliphatic carbocycles. The van der Waals surface area contributed by atoms with E-state index in [1.165, 1.54) is 71.6 Å². The van der Waals surface area contributed by atoms with Crippen molar-refractivity contribution in [1.82, 2.24) is 4.31 Å². The Bertz CT molecular complexity index is 618. The molecular formula is C22H39NO4S. The van der Waals surface area contributed by atoms with Crippen LogP contribution in [0.2, 0.25) is 0 Å². The first-order valence-corrected chi connectivity index (χ1v) is 12.2. The van der Waals surface area contributed by atoms with Crippen molar-refractivity contribution in [3.05, 3.63) is 29.8 Å². The molecule has 0 bridgehead atoms. The molecule has 2 atom stereocenters. The molecule has 2 N–H and O–H groups in total. The number of aliphatic hydroxyl groups is 2. The van der Waals surface area contributed by atoms with E-state index in [2.05, 4.69) is 6.92 Å². The molecule has 0 saturated heterocycles. The zero-order valence-corrected chi connectivity index (χ0v) is 18.6. The summed E-state index contributed by atoms with van der Waals surface area (Å²) in [6.45, 7) is 4.89. The van der Waals surface area contributed by atoms with Crippen molar-refractivity contribution in [3.63, 3.8) is 0 Å². The van der Waals surface area contributed by atoms with Gasteiger partial charge in [0.05, 0.1) is 4.90 Å². The van der Waals surface area contributed by atoms with Crippen molar-refractivity contribution in [2.45, 2.75) is 109 Å². The summed E-state index contributed by atoms with van der Waals surface area (Å²) >= 11 is 0. The van der Waals surface area contributed by atoms with E-state index in [4.69, 9.17) is 0 Å². The zero-order chi connectivity index (χ0) is 21.0. The Morgan fingerprint density at radius 2 is 1.21 bits per heavy atom. The van der Waals surface area contributed by atoms with E-state index in [1.54, 1.807) is 12.1 Å². The zero-order valence-electron chi connectivity index (χ0n) is 17.8. The third-order valence-electron chi connectivity index (χ3n) is 5.05. The van der Waals surface area contributed by atoms with Crippen LogP contribution >= 0.6 is 0 Å². The molecule has 2 unspecified atom stereocenters. The molecule has 0 aliphatic rings. The molecule has 0 aliphatic heterocycles. The molecule has 0 amide bonds. The van der Waals surface area contributed by atoms with Gasteiger partial charge in [-0.25, -0.2) is 8.42 Å². The van der Waals surface area contributed by atoms with Gasteiger partial charge in [-0.15, -0.1) is 4.31 Å². The Balaban J connectivity index is 2.37. The first-order valence-electron chi connectivity index (χ1n) is 10.8. The largest absolute Gasteiger partial charge is 0.378 e. The lowest BCUT2D eigenvalue weighted by atomic mass is 10.0. The van der Waals surface area contributed by atoms with Gasteiger partial charge in [0.2, 0.25) is 10.0 Å². The minimum absolute atomic E-state index is 0.0844. The molecule has 6 heteroatoms. The van der Waals surface area contributed by atoms with Gasteiger partial charge in [0.15, 0.2) is 0 Å². The fourth-order valence-corrected chi connectivity index (χ4v) is 5.01. The van der Waals surface area contributed by atoms with Gasteiger partial charge in [-0.3, -0.25) is 0 Å². The minimum Gasteiger partial charge on any atom is -0.378 e. The fourth-order valence-electron chi connectivity index (χ4n) is 3.48. The third kappa shape index (κ3) is 8.60. The molecule has 1 aromatic carbocycles. The van der Waals surface area contributed by atoms with Crippen LogP contribution in [0.25, 0.3) is 0 Å². The number of sulfonamides is 1. The van der Waals surface area contributed by atoms with E-state index in [0.717, 1.165) is 18.4 Å². The molecule has 0 radical (unpaired) electrons. The van der Waals surface area contributed by atoms with Crippen LogP contribution in [0.5, 0.6) is 0 Å². The van der Waals surface area contributed by atoms with E-state index in [-0.39, 0.29) is 4.90 Å². The Labute approximate surface area is 171 Å². The van der Waals surface area contributed by atoms with Gasteiger partial charge in [-0.1, -0.05) is 76.8 Å². The Morgan fingerprint density at radius 3 is 1.64 bits per heavy atom. The molecular weight excluding hydrogens is 374 g/mol. The number of benzene rings is 1. The Morgan fingerprint density at radius 1 is 0.786 bits per heavy atom. The van der Waals surface area contributed by atoms with Crippen LogP contribution in [-0.2, 0) is 16.4 Å². The fraction of sp³-hybridized carbons (Fsp3) is 0.727. The molecule has 1 rings (SSSR count). The molecule has 5 nitrogen and oxygen atoms in total. The number of aliphatic hydroxyl groups excluding tert-OH is 2. The van der Waals surface area contributed by atoms with Gasteiger partial charge in [0, 0.05) is 0 Å². The monoisotopic (exact) mass is 413 g/mol. The smallest absolute Gasteiger partial charge is 0.247 e. The number of hydrogen-bond donors (Lipinski definition) is 2. The standard InChI is InChI=1S/C22H39NO4S/c1-4-5-6-7-8-9-10-11-12-13-14-21-15-17-22(18-16-21)28(26,27)23(19(2)24)20(3)25/h15-20,24-25H,4-14H2,1-3H3. The molecule has 1 aromatic rings. The summed E-state index contributed by atoms with van der Waals surface area (Å²) in [6.07, 6.45) is 11.3. The second-order valence-corrected chi connectivity index (χ2v) is 9.52. The molecule has 0 spiro atoms. The first kappa shape index (κ1) is 25.1. The lowest BCUT2D eigenvalue weighted by molar-refractivity contribution is -0.0239. The van der Waals surface area contributed by atoms with Crippen molar-refractivity contribution in [1.29, 1.82) is 0 Å². The summed E-state index contributed by atoms with van der Waals surface area (Å²) in [5, 5.41) is 19.4. The van der Waals surface area contributed by atoms with Crippen molar-refractivity contribution in [2.75, 3.05) is 0 Å². The maximum atomic E-state index is 12.6. The molecule has 162 valence electrons. The van der Waals surface area contributed by atoms with Gasteiger partial charge < -0.3 is 10.2 Å². The van der Waals surface area contributed by atoms with Crippen LogP contribution in [0.15, 0.2) is 29.2 Å². The van der Waals surface area contributed by atoms with Gasteiger partial charge in [0.1, 0.15) is 12.5 Å². The van der Waals surface area contributed by atoms with E-state index in [1.807, 2.05) is 12.1 Å². The number of rotatable bonds is 15. The first-order chi connectivity index (χ1) is 13.3. The van der Waals surface area contributed by atoms with Gasteiger partial charge in [-0.2, -0.15) is 0 Å². The highest BCUT2D eigenvalue weighted by atomic mass is 32.2. The molecule has 0 saturated carbocycles. The predicted octanol–water partition coefficient (Wildman–Crippen LogP) is 4.82. The van der Waals surface area contributed by atoms with Gasteiger partial charge in [0.25, 0.3) is 0 Å². The van der Waals surface area contributed by atoms with E-state index >= 15 is 0 Å². The maximum absolute atomic E-state index is 12.6. The SMILES string of the molecule is CCCCCCCCCCCCc1ccc(S(=O)(=O)N(C(C)O)C(C)O)cc1. The summed E-state index contributed by atoms with van der Waals surface area (Å²) in [7, 11) is -3.93. The number of aryl methyl sites for hydroxylation is 1. The normalized spacial score (nSPS) is 14.4. The van der Waals surface area contributed by atoms with Crippen LogP contribution in [0.3, 0.4) is 0 Å². The minimum atomic E-state index is -3.93. The van der Waals surface area contributed by atoms with Crippen LogP contribution in [0, 0.1) is 0 Å². The highest BCUT2D eigenvalue weighted by Crippen LogP contribution is 2.21. The highest BCUT2D eigenvalue weighted by molar-refractivity contribution is 7.89. The summed E-state index contributed by atoms with van der Waals surface area (Å²) in [6, 6.07) is 6.75. The number of unbranched alkanes of at least 4 members (excludes halogenated alkanes) is 9. The van der Waals surface area contributed by atoms with Gasteiger partial charge in [-0.05, 0) is 44.4 Å². The van der Waals surface area contributed by atoms with E-state index < -0.39 is 22.5 Å². The molecule has 0 aromatic heterocycles. The second-order valence-electron chi connectivity index (χ2n) is 7.67. The quantitative estimate of drug-likeness (QED) is 0.319. The summed E-state index contributed by atoms with van der Waals surface area (Å²) in [5.41, 5.74) is 1.11. The van der Waals surface area contributed by atoms with Crippen LogP contribution in [0.4, 0.5) is 0 Å². The van der Waals surface area contributed by atoms with E-state index in [9.17, 15) is 18.6 Å². The van der Waals surface area contributed by atoms with Gasteiger partial charge >= 0.3 is 0 Å². The topological polar surface area (TPSA) is 77.8 Å². The maximum Gasteiger partial charge on any atom is 0.247 e.